The molecular weight excluding hydrogens is 204 g/mol. The van der Waals surface area contributed by atoms with Crippen LogP contribution in [0, 0.1) is 25.2 Å². The van der Waals surface area contributed by atoms with Gasteiger partial charge in [-0.05, 0) is 13.8 Å². The van der Waals surface area contributed by atoms with E-state index in [1.165, 1.54) is 0 Å². The first-order valence-electron chi connectivity index (χ1n) is 5.48. The minimum atomic E-state index is -0.0533. The minimum absolute atomic E-state index is 0.0533. The summed E-state index contributed by atoms with van der Waals surface area (Å²) in [5.41, 5.74) is 2.04. The molecule has 1 N–H and O–H groups in total. The monoisotopic (exact) mass is 220 g/mol. The Morgan fingerprint density at radius 3 is 3.06 bits per heavy atom. The van der Waals surface area contributed by atoms with E-state index >= 15 is 0 Å². The van der Waals surface area contributed by atoms with Crippen LogP contribution in [0.4, 0.5) is 0 Å². The van der Waals surface area contributed by atoms with Crippen molar-refractivity contribution in [1.29, 1.82) is 5.26 Å². The summed E-state index contributed by atoms with van der Waals surface area (Å²) in [6.45, 7) is 7.17. The summed E-state index contributed by atoms with van der Waals surface area (Å²) in [7, 11) is 0. The Kier molecular flexibility index (Phi) is 3.22. The van der Waals surface area contributed by atoms with Crippen molar-refractivity contribution in [2.75, 3.05) is 19.6 Å². The third kappa shape index (κ3) is 2.08. The van der Waals surface area contributed by atoms with Crippen LogP contribution in [0.3, 0.4) is 0 Å². The zero-order valence-corrected chi connectivity index (χ0v) is 9.66. The normalized spacial score (nSPS) is 21.9. The van der Waals surface area contributed by atoms with Crippen molar-refractivity contribution < 1.29 is 4.52 Å². The molecule has 1 saturated heterocycles. The van der Waals surface area contributed by atoms with Crippen LogP contribution in [-0.4, -0.2) is 35.7 Å². The molecule has 5 heteroatoms. The van der Waals surface area contributed by atoms with E-state index in [0.717, 1.165) is 43.2 Å². The molecule has 0 spiro atoms. The molecule has 1 atom stereocenters. The molecule has 1 aromatic rings. The Labute approximate surface area is 95.0 Å². The lowest BCUT2D eigenvalue weighted by molar-refractivity contribution is 0.188. The van der Waals surface area contributed by atoms with E-state index in [4.69, 9.17) is 9.78 Å². The van der Waals surface area contributed by atoms with Crippen LogP contribution in [0.25, 0.3) is 0 Å². The average Bonchev–Trinajstić information content (AvgIpc) is 2.61. The van der Waals surface area contributed by atoms with Crippen LogP contribution in [0.5, 0.6) is 0 Å². The van der Waals surface area contributed by atoms with Gasteiger partial charge in [0.2, 0.25) is 0 Å². The van der Waals surface area contributed by atoms with E-state index in [1.807, 2.05) is 13.8 Å². The van der Waals surface area contributed by atoms with Crippen LogP contribution in [0.1, 0.15) is 17.0 Å². The summed E-state index contributed by atoms with van der Waals surface area (Å²) < 4.78 is 5.13. The van der Waals surface area contributed by atoms with Gasteiger partial charge in [0.15, 0.2) is 0 Å². The summed E-state index contributed by atoms with van der Waals surface area (Å²) in [5, 5.41) is 16.2. The largest absolute Gasteiger partial charge is 0.361 e. The Hall–Kier alpha value is -1.38. The molecule has 1 fully saturated rings. The van der Waals surface area contributed by atoms with Gasteiger partial charge in [0.1, 0.15) is 11.8 Å². The molecule has 2 heterocycles. The number of piperazine rings is 1. The zero-order chi connectivity index (χ0) is 11.5. The first kappa shape index (κ1) is 11.1. The summed E-state index contributed by atoms with van der Waals surface area (Å²) >= 11 is 0. The number of hydrogen-bond donors (Lipinski definition) is 1. The van der Waals surface area contributed by atoms with Crippen molar-refractivity contribution in [2.24, 2.45) is 0 Å². The van der Waals surface area contributed by atoms with Crippen LogP contribution >= 0.6 is 0 Å². The second-order valence-corrected chi connectivity index (χ2v) is 4.12. The highest BCUT2D eigenvalue weighted by Crippen LogP contribution is 2.17. The standard InChI is InChI=1S/C11H16N4O/c1-8-11(9(2)16-14-8)7-15-4-3-13-6-10(15)5-12/h10,13H,3-4,6-7H2,1-2H3. The van der Waals surface area contributed by atoms with Gasteiger partial charge in [-0.2, -0.15) is 5.26 Å². The van der Waals surface area contributed by atoms with Gasteiger partial charge in [-0.3, -0.25) is 4.90 Å². The fourth-order valence-electron chi connectivity index (χ4n) is 1.99. The number of aromatic nitrogens is 1. The van der Waals surface area contributed by atoms with Crippen LogP contribution in [-0.2, 0) is 6.54 Å². The van der Waals surface area contributed by atoms with Gasteiger partial charge < -0.3 is 9.84 Å². The topological polar surface area (TPSA) is 65.1 Å². The molecule has 1 unspecified atom stereocenters. The van der Waals surface area contributed by atoms with Gasteiger partial charge in [0.05, 0.1) is 11.8 Å². The molecule has 16 heavy (non-hydrogen) atoms. The maximum atomic E-state index is 9.06. The second-order valence-electron chi connectivity index (χ2n) is 4.12. The van der Waals surface area contributed by atoms with E-state index in [2.05, 4.69) is 21.4 Å². The van der Waals surface area contributed by atoms with Crippen LogP contribution in [0.2, 0.25) is 0 Å². The van der Waals surface area contributed by atoms with E-state index in [0.29, 0.717) is 0 Å². The van der Waals surface area contributed by atoms with Gasteiger partial charge >= 0.3 is 0 Å². The van der Waals surface area contributed by atoms with Crippen molar-refractivity contribution >= 4 is 0 Å². The second kappa shape index (κ2) is 4.64. The molecule has 0 bridgehead atoms. The third-order valence-corrected chi connectivity index (χ3v) is 3.05. The highest BCUT2D eigenvalue weighted by molar-refractivity contribution is 5.21. The predicted molar refractivity (Wildman–Crippen MR) is 58.7 cm³/mol. The highest BCUT2D eigenvalue weighted by Gasteiger charge is 2.23. The van der Waals surface area contributed by atoms with Crippen LogP contribution < -0.4 is 5.32 Å². The summed E-state index contributed by atoms with van der Waals surface area (Å²) in [4.78, 5) is 2.17. The fourth-order valence-corrected chi connectivity index (χ4v) is 1.99. The molecule has 1 aliphatic heterocycles. The first-order chi connectivity index (χ1) is 7.72. The van der Waals surface area contributed by atoms with E-state index in [1.54, 1.807) is 0 Å². The molecule has 2 rings (SSSR count). The third-order valence-electron chi connectivity index (χ3n) is 3.05. The van der Waals surface area contributed by atoms with Gasteiger partial charge in [-0.1, -0.05) is 5.16 Å². The Balaban J connectivity index is 2.11. The molecule has 5 nitrogen and oxygen atoms in total. The maximum Gasteiger partial charge on any atom is 0.138 e. The molecule has 0 radical (unpaired) electrons. The SMILES string of the molecule is Cc1noc(C)c1CN1CCNCC1C#N. The van der Waals surface area contributed by atoms with Gasteiger partial charge in [-0.25, -0.2) is 0 Å². The van der Waals surface area contributed by atoms with Crippen LogP contribution in [0.15, 0.2) is 4.52 Å². The number of nitrogens with one attached hydrogen (secondary N) is 1. The molecule has 1 aliphatic rings. The van der Waals surface area contributed by atoms with Crippen molar-refractivity contribution in [2.45, 2.75) is 26.4 Å². The Morgan fingerprint density at radius 1 is 1.62 bits per heavy atom. The van der Waals surface area contributed by atoms with Gasteiger partial charge in [-0.15, -0.1) is 0 Å². The van der Waals surface area contributed by atoms with Crippen molar-refractivity contribution in [3.05, 3.63) is 17.0 Å². The van der Waals surface area contributed by atoms with Crippen molar-refractivity contribution in [3.63, 3.8) is 0 Å². The maximum absolute atomic E-state index is 9.06. The summed E-state index contributed by atoms with van der Waals surface area (Å²) in [6, 6.07) is 2.26. The average molecular weight is 220 g/mol. The molecule has 0 amide bonds. The first-order valence-corrected chi connectivity index (χ1v) is 5.48. The predicted octanol–water partition coefficient (Wildman–Crippen LogP) is 0.589. The lowest BCUT2D eigenvalue weighted by Crippen LogP contribution is -2.50. The number of rotatable bonds is 2. The highest BCUT2D eigenvalue weighted by atomic mass is 16.5. The molecule has 0 saturated carbocycles. The summed E-state index contributed by atoms with van der Waals surface area (Å²) in [6.07, 6.45) is 0. The quantitative estimate of drug-likeness (QED) is 0.790. The van der Waals surface area contributed by atoms with Gasteiger partial charge in [0.25, 0.3) is 0 Å². The molecule has 86 valence electrons. The Morgan fingerprint density at radius 2 is 2.44 bits per heavy atom. The van der Waals surface area contributed by atoms with E-state index < -0.39 is 0 Å². The molecule has 0 aromatic carbocycles. The van der Waals surface area contributed by atoms with E-state index in [-0.39, 0.29) is 6.04 Å². The zero-order valence-electron chi connectivity index (χ0n) is 9.66. The number of nitrogens with zero attached hydrogens (tertiary/aromatic N) is 3. The van der Waals surface area contributed by atoms with E-state index in [9.17, 15) is 0 Å². The Bertz CT molecular complexity index is 387. The lowest BCUT2D eigenvalue weighted by atomic mass is 10.1. The van der Waals surface area contributed by atoms with Crippen molar-refractivity contribution in [1.82, 2.24) is 15.4 Å². The van der Waals surface area contributed by atoms with Crippen molar-refractivity contribution in [3.8, 4) is 6.07 Å². The number of hydrogen-bond acceptors (Lipinski definition) is 5. The fraction of sp³-hybridized carbons (Fsp3) is 0.636. The molecule has 1 aromatic heterocycles. The summed E-state index contributed by atoms with van der Waals surface area (Å²) in [5.74, 6) is 0.854. The number of aryl methyl sites for hydroxylation is 2. The minimum Gasteiger partial charge on any atom is -0.361 e. The lowest BCUT2D eigenvalue weighted by Gasteiger charge is -2.31. The molecule has 0 aliphatic carbocycles. The smallest absolute Gasteiger partial charge is 0.138 e. The molecular formula is C11H16N4O. The van der Waals surface area contributed by atoms with Gasteiger partial charge in [0, 0.05) is 31.7 Å². The number of nitriles is 1.